The first-order chi connectivity index (χ1) is 7.03. The van der Waals surface area contributed by atoms with Crippen LogP contribution in [-0.4, -0.2) is 53.0 Å². The van der Waals surface area contributed by atoms with Gasteiger partial charge in [-0.1, -0.05) is 0 Å². The Morgan fingerprint density at radius 3 is 2.73 bits per heavy atom. The third-order valence-corrected chi connectivity index (χ3v) is 2.56. The van der Waals surface area contributed by atoms with E-state index >= 15 is 0 Å². The van der Waals surface area contributed by atoms with Crippen LogP contribution in [0.5, 0.6) is 0 Å². The predicted octanol–water partition coefficient (Wildman–Crippen LogP) is -1.21. The van der Waals surface area contributed by atoms with Crippen LogP contribution in [0, 0.1) is 5.41 Å². The van der Waals surface area contributed by atoms with Gasteiger partial charge in [-0.25, -0.2) is 0 Å². The second-order valence-corrected chi connectivity index (χ2v) is 3.65. The van der Waals surface area contributed by atoms with Gasteiger partial charge in [0.15, 0.2) is 11.2 Å². The van der Waals surface area contributed by atoms with Gasteiger partial charge >= 0.3 is 5.97 Å². The van der Waals surface area contributed by atoms with Gasteiger partial charge in [0.2, 0.25) is 0 Å². The molecule has 3 N–H and O–H groups in total. The van der Waals surface area contributed by atoms with Crippen LogP contribution in [-0.2, 0) is 14.3 Å². The van der Waals surface area contributed by atoms with Crippen LogP contribution < -0.4 is 0 Å². The van der Waals surface area contributed by atoms with Gasteiger partial charge in [-0.3, -0.25) is 9.59 Å². The molecule has 15 heavy (non-hydrogen) atoms. The molecule has 1 saturated heterocycles. The van der Waals surface area contributed by atoms with Crippen molar-refractivity contribution in [2.75, 3.05) is 19.8 Å². The molecule has 0 aromatic rings. The maximum absolute atomic E-state index is 11.6. The molecule has 0 saturated carbocycles. The number of carbonyl (C=O) groups excluding carboxylic acids is 1. The second kappa shape index (κ2) is 4.69. The summed E-state index contributed by atoms with van der Waals surface area (Å²) < 4.78 is 4.97. The van der Waals surface area contributed by atoms with Crippen LogP contribution in [0.3, 0.4) is 0 Å². The van der Waals surface area contributed by atoms with Gasteiger partial charge in [0.25, 0.3) is 0 Å². The standard InChI is InChI=1S/C9H14O6/c10-4-6(11)3-9(8(13)14)5-15-2-1-7(9)12/h6,10-11H,1-5H2,(H,13,14). The lowest BCUT2D eigenvalue weighted by Gasteiger charge is -2.32. The molecule has 0 aliphatic carbocycles. The molecule has 1 heterocycles. The number of hydrogen-bond donors (Lipinski definition) is 3. The summed E-state index contributed by atoms with van der Waals surface area (Å²) in [7, 11) is 0. The fourth-order valence-electron chi connectivity index (χ4n) is 1.64. The number of aliphatic hydroxyl groups is 2. The quantitative estimate of drug-likeness (QED) is 0.511. The number of Topliss-reactive ketones (excluding diaryl/α,β-unsaturated/α-hetero) is 1. The van der Waals surface area contributed by atoms with Gasteiger partial charge in [0.05, 0.1) is 25.9 Å². The Hall–Kier alpha value is -0.980. The molecule has 6 nitrogen and oxygen atoms in total. The third-order valence-electron chi connectivity index (χ3n) is 2.56. The maximum Gasteiger partial charge on any atom is 0.319 e. The normalized spacial score (nSPS) is 28.8. The van der Waals surface area contributed by atoms with E-state index in [2.05, 4.69) is 0 Å². The number of carboxylic acid groups (broad SMARTS) is 1. The smallest absolute Gasteiger partial charge is 0.319 e. The molecule has 0 bridgehead atoms. The molecular formula is C9H14O6. The molecule has 0 spiro atoms. The van der Waals surface area contributed by atoms with E-state index in [9.17, 15) is 14.7 Å². The Labute approximate surface area is 86.5 Å². The molecule has 1 aliphatic heterocycles. The number of hydrogen-bond acceptors (Lipinski definition) is 5. The molecule has 6 heteroatoms. The zero-order valence-corrected chi connectivity index (χ0v) is 8.18. The Balaban J connectivity index is 2.86. The molecule has 0 radical (unpaired) electrons. The van der Waals surface area contributed by atoms with Crippen molar-refractivity contribution in [3.05, 3.63) is 0 Å². The molecule has 1 aliphatic rings. The topological polar surface area (TPSA) is 104 Å². The first-order valence-corrected chi connectivity index (χ1v) is 4.66. The number of rotatable bonds is 4. The number of carbonyl (C=O) groups is 2. The Bertz CT molecular complexity index is 263. The van der Waals surface area contributed by atoms with Crippen LogP contribution >= 0.6 is 0 Å². The second-order valence-electron chi connectivity index (χ2n) is 3.65. The number of aliphatic carboxylic acids is 1. The lowest BCUT2D eigenvalue weighted by Crippen LogP contribution is -2.49. The largest absolute Gasteiger partial charge is 0.480 e. The average molecular weight is 218 g/mol. The van der Waals surface area contributed by atoms with Crippen molar-refractivity contribution >= 4 is 11.8 Å². The zero-order chi connectivity index (χ0) is 11.5. The fraction of sp³-hybridized carbons (Fsp3) is 0.778. The molecule has 1 rings (SSSR count). The predicted molar refractivity (Wildman–Crippen MR) is 48.2 cm³/mol. The molecule has 86 valence electrons. The molecule has 0 aromatic heterocycles. The van der Waals surface area contributed by atoms with E-state index < -0.39 is 29.9 Å². The van der Waals surface area contributed by atoms with Crippen LogP contribution in [0.1, 0.15) is 12.8 Å². The van der Waals surface area contributed by atoms with Crippen molar-refractivity contribution in [2.45, 2.75) is 18.9 Å². The minimum Gasteiger partial charge on any atom is -0.480 e. The Morgan fingerprint density at radius 2 is 2.27 bits per heavy atom. The van der Waals surface area contributed by atoms with Gasteiger partial charge in [0, 0.05) is 12.8 Å². The van der Waals surface area contributed by atoms with Gasteiger partial charge in [-0.15, -0.1) is 0 Å². The third kappa shape index (κ3) is 2.34. The number of ether oxygens (including phenoxy) is 1. The molecule has 1 fully saturated rings. The summed E-state index contributed by atoms with van der Waals surface area (Å²) in [6.45, 7) is -0.594. The van der Waals surface area contributed by atoms with E-state index in [-0.39, 0.29) is 26.1 Å². The number of ketones is 1. The lowest BCUT2D eigenvalue weighted by molar-refractivity contribution is -0.167. The van der Waals surface area contributed by atoms with E-state index in [1.54, 1.807) is 0 Å². The molecule has 0 aromatic carbocycles. The maximum atomic E-state index is 11.6. The Morgan fingerprint density at radius 1 is 1.60 bits per heavy atom. The van der Waals surface area contributed by atoms with Crippen molar-refractivity contribution in [1.29, 1.82) is 0 Å². The first-order valence-electron chi connectivity index (χ1n) is 4.66. The molecule has 0 amide bonds. The van der Waals surface area contributed by atoms with Crippen molar-refractivity contribution in [2.24, 2.45) is 5.41 Å². The first kappa shape index (κ1) is 12.1. The van der Waals surface area contributed by atoms with Crippen LogP contribution in [0.25, 0.3) is 0 Å². The summed E-state index contributed by atoms with van der Waals surface area (Å²) >= 11 is 0. The van der Waals surface area contributed by atoms with Crippen LogP contribution in [0.4, 0.5) is 0 Å². The van der Waals surface area contributed by atoms with Crippen LogP contribution in [0.2, 0.25) is 0 Å². The van der Waals surface area contributed by atoms with E-state index in [0.29, 0.717) is 0 Å². The van der Waals surface area contributed by atoms with Gasteiger partial charge in [-0.05, 0) is 0 Å². The van der Waals surface area contributed by atoms with E-state index in [1.807, 2.05) is 0 Å². The van der Waals surface area contributed by atoms with Crippen molar-refractivity contribution < 1.29 is 29.6 Å². The summed E-state index contributed by atoms with van der Waals surface area (Å²) in [6, 6.07) is 0. The monoisotopic (exact) mass is 218 g/mol. The van der Waals surface area contributed by atoms with Crippen LogP contribution in [0.15, 0.2) is 0 Å². The number of carboxylic acids is 1. The molecule has 2 atom stereocenters. The summed E-state index contributed by atoms with van der Waals surface area (Å²) in [5.74, 6) is -1.76. The highest BCUT2D eigenvalue weighted by atomic mass is 16.5. The minimum atomic E-state index is -1.69. The highest BCUT2D eigenvalue weighted by Crippen LogP contribution is 2.30. The molecular weight excluding hydrogens is 204 g/mol. The minimum absolute atomic E-state index is 0.0322. The highest BCUT2D eigenvalue weighted by molar-refractivity contribution is 6.03. The summed E-state index contributed by atoms with van der Waals surface area (Å²) in [5, 5.41) is 26.9. The van der Waals surface area contributed by atoms with E-state index in [4.69, 9.17) is 14.9 Å². The van der Waals surface area contributed by atoms with Crippen molar-refractivity contribution in [3.63, 3.8) is 0 Å². The van der Waals surface area contributed by atoms with Crippen molar-refractivity contribution in [1.82, 2.24) is 0 Å². The molecule has 2 unspecified atom stereocenters. The fourth-order valence-corrected chi connectivity index (χ4v) is 1.64. The average Bonchev–Trinajstić information content (AvgIpc) is 2.21. The van der Waals surface area contributed by atoms with Gasteiger partial charge < -0.3 is 20.1 Å². The van der Waals surface area contributed by atoms with Gasteiger partial charge in [-0.2, -0.15) is 0 Å². The number of aliphatic hydroxyl groups excluding tert-OH is 2. The van der Waals surface area contributed by atoms with Crippen molar-refractivity contribution in [3.8, 4) is 0 Å². The van der Waals surface area contributed by atoms with E-state index in [0.717, 1.165) is 0 Å². The van der Waals surface area contributed by atoms with E-state index in [1.165, 1.54) is 0 Å². The lowest BCUT2D eigenvalue weighted by atomic mass is 9.77. The SMILES string of the molecule is O=C(O)C1(CC(O)CO)COCCC1=O. The summed E-state index contributed by atoms with van der Waals surface area (Å²) in [4.78, 5) is 22.6. The summed E-state index contributed by atoms with van der Waals surface area (Å²) in [5.41, 5.74) is -1.69. The summed E-state index contributed by atoms with van der Waals surface area (Å²) in [6.07, 6.45) is -1.49. The zero-order valence-electron chi connectivity index (χ0n) is 8.18. The van der Waals surface area contributed by atoms with Gasteiger partial charge in [0.1, 0.15) is 0 Å². The Kier molecular flexibility index (Phi) is 3.78. The highest BCUT2D eigenvalue weighted by Gasteiger charge is 2.48.